The molecule has 0 aliphatic carbocycles. The van der Waals surface area contributed by atoms with Crippen LogP contribution in [0.1, 0.15) is 23.6 Å². The fourth-order valence-electron chi connectivity index (χ4n) is 1.86. The minimum Gasteiger partial charge on any atom is -0.481 e. The van der Waals surface area contributed by atoms with E-state index in [0.717, 1.165) is 15.6 Å². The van der Waals surface area contributed by atoms with Crippen LogP contribution in [0.2, 0.25) is 0 Å². The van der Waals surface area contributed by atoms with Crippen molar-refractivity contribution in [2.75, 3.05) is 0 Å². The third-order valence-electron chi connectivity index (χ3n) is 2.90. The van der Waals surface area contributed by atoms with E-state index in [4.69, 9.17) is 9.84 Å². The topological polar surface area (TPSA) is 75.6 Å². The number of ether oxygens (including phenoxy) is 1. The lowest BCUT2D eigenvalue weighted by atomic mass is 10.1. The molecule has 0 saturated heterocycles. The van der Waals surface area contributed by atoms with Crippen molar-refractivity contribution in [1.82, 2.24) is 5.32 Å². The van der Waals surface area contributed by atoms with Gasteiger partial charge in [0.15, 0.2) is 0 Å². The molecule has 116 valence electrons. The number of rotatable bonds is 6. The number of amides is 1. The van der Waals surface area contributed by atoms with E-state index in [0.29, 0.717) is 0 Å². The monoisotopic (exact) mass is 383 g/mol. The minimum atomic E-state index is -0.994. The summed E-state index contributed by atoms with van der Waals surface area (Å²) in [5, 5.41) is 15.2. The van der Waals surface area contributed by atoms with Gasteiger partial charge in [-0.15, -0.1) is 0 Å². The third-order valence-corrected chi connectivity index (χ3v) is 4.65. The zero-order valence-corrected chi connectivity index (χ0v) is 13.9. The van der Waals surface area contributed by atoms with Crippen LogP contribution in [0.15, 0.2) is 45.6 Å². The second-order valence-electron chi connectivity index (χ2n) is 4.53. The van der Waals surface area contributed by atoms with Crippen molar-refractivity contribution >= 4 is 39.3 Å². The molecule has 0 bridgehead atoms. The fourth-order valence-corrected chi connectivity index (χ4v) is 3.49. The van der Waals surface area contributed by atoms with Crippen molar-refractivity contribution in [3.8, 4) is 0 Å². The van der Waals surface area contributed by atoms with Gasteiger partial charge in [0.1, 0.15) is 6.61 Å². The number of halogens is 1. The van der Waals surface area contributed by atoms with Gasteiger partial charge in [0, 0.05) is 9.85 Å². The zero-order valence-electron chi connectivity index (χ0n) is 11.5. The Morgan fingerprint density at radius 3 is 2.59 bits per heavy atom. The Morgan fingerprint density at radius 1 is 1.27 bits per heavy atom. The van der Waals surface area contributed by atoms with E-state index < -0.39 is 18.1 Å². The number of nitrogens with one attached hydrogen (secondary N) is 1. The van der Waals surface area contributed by atoms with E-state index in [-0.39, 0.29) is 13.0 Å². The van der Waals surface area contributed by atoms with Gasteiger partial charge >= 0.3 is 12.1 Å². The van der Waals surface area contributed by atoms with Crippen LogP contribution >= 0.6 is 27.3 Å². The number of carboxylic acids is 1. The molecule has 0 saturated carbocycles. The summed E-state index contributed by atoms with van der Waals surface area (Å²) in [5.74, 6) is -0.994. The first-order chi connectivity index (χ1) is 10.6. The molecule has 1 aromatic heterocycles. The molecule has 1 amide bonds. The number of carbonyl (C=O) groups is 2. The Labute approximate surface area is 140 Å². The highest BCUT2D eigenvalue weighted by atomic mass is 79.9. The number of carboxylic acid groups (broad SMARTS) is 1. The van der Waals surface area contributed by atoms with Crippen LogP contribution in [0.25, 0.3) is 0 Å². The largest absolute Gasteiger partial charge is 0.481 e. The summed E-state index contributed by atoms with van der Waals surface area (Å²) < 4.78 is 5.89. The van der Waals surface area contributed by atoms with E-state index in [1.807, 2.05) is 35.7 Å². The molecule has 5 nitrogen and oxygen atoms in total. The highest BCUT2D eigenvalue weighted by Crippen LogP contribution is 2.29. The van der Waals surface area contributed by atoms with Crippen molar-refractivity contribution in [3.05, 3.63) is 56.7 Å². The molecular formula is C15H14BrNO4S. The maximum absolute atomic E-state index is 11.9. The van der Waals surface area contributed by atoms with E-state index in [2.05, 4.69) is 21.2 Å². The van der Waals surface area contributed by atoms with E-state index in [1.165, 1.54) is 11.3 Å². The summed E-state index contributed by atoms with van der Waals surface area (Å²) in [7, 11) is 0. The van der Waals surface area contributed by atoms with E-state index in [1.54, 1.807) is 5.38 Å². The van der Waals surface area contributed by atoms with Crippen LogP contribution in [0.5, 0.6) is 0 Å². The van der Waals surface area contributed by atoms with Gasteiger partial charge in [-0.3, -0.25) is 4.79 Å². The highest BCUT2D eigenvalue weighted by molar-refractivity contribution is 9.10. The van der Waals surface area contributed by atoms with Gasteiger partial charge in [0.2, 0.25) is 0 Å². The van der Waals surface area contributed by atoms with E-state index >= 15 is 0 Å². The standard InChI is InChI=1S/C15H14BrNO4S/c16-12-9-22-8-11(12)13(6-14(18)19)17-15(20)21-7-10-4-2-1-3-5-10/h1-5,8-9,13H,6-7H2,(H,17,20)(H,18,19). The smallest absolute Gasteiger partial charge is 0.407 e. The predicted octanol–water partition coefficient (Wildman–Crippen LogP) is 3.95. The van der Waals surface area contributed by atoms with Gasteiger partial charge in [0.25, 0.3) is 0 Å². The molecule has 1 atom stereocenters. The Morgan fingerprint density at radius 2 is 2.00 bits per heavy atom. The molecule has 2 aromatic rings. The lowest BCUT2D eigenvalue weighted by molar-refractivity contribution is -0.137. The van der Waals surface area contributed by atoms with Crippen molar-refractivity contribution in [2.24, 2.45) is 0 Å². The second kappa shape index (κ2) is 7.95. The average molecular weight is 384 g/mol. The number of thiophene rings is 1. The predicted molar refractivity (Wildman–Crippen MR) is 86.8 cm³/mol. The summed E-state index contributed by atoms with van der Waals surface area (Å²) >= 11 is 4.77. The lowest BCUT2D eigenvalue weighted by Crippen LogP contribution is -2.30. The van der Waals surface area contributed by atoms with E-state index in [9.17, 15) is 9.59 Å². The summed E-state index contributed by atoms with van der Waals surface area (Å²) in [6.07, 6.45) is -0.858. The first-order valence-electron chi connectivity index (χ1n) is 6.47. The SMILES string of the molecule is O=C(O)CC(NC(=O)OCc1ccccc1)c1cscc1Br. The van der Waals surface area contributed by atoms with Crippen LogP contribution in [-0.4, -0.2) is 17.2 Å². The maximum Gasteiger partial charge on any atom is 0.407 e. The van der Waals surface area contributed by atoms with Crippen molar-refractivity contribution < 1.29 is 19.4 Å². The molecule has 0 aliphatic rings. The normalized spacial score (nSPS) is 11.7. The van der Waals surface area contributed by atoms with Crippen molar-refractivity contribution in [2.45, 2.75) is 19.1 Å². The molecule has 7 heteroatoms. The zero-order chi connectivity index (χ0) is 15.9. The van der Waals surface area contributed by atoms with Gasteiger partial charge in [-0.2, -0.15) is 11.3 Å². The molecule has 22 heavy (non-hydrogen) atoms. The van der Waals surface area contributed by atoms with Gasteiger partial charge in [-0.1, -0.05) is 30.3 Å². The molecule has 0 fully saturated rings. The minimum absolute atomic E-state index is 0.136. The number of hydrogen-bond acceptors (Lipinski definition) is 4. The first-order valence-corrected chi connectivity index (χ1v) is 8.20. The molecule has 1 aromatic carbocycles. The molecule has 0 radical (unpaired) electrons. The lowest BCUT2D eigenvalue weighted by Gasteiger charge is -2.16. The van der Waals surface area contributed by atoms with Crippen LogP contribution in [0, 0.1) is 0 Å². The molecule has 1 heterocycles. The number of benzene rings is 1. The molecular weight excluding hydrogens is 370 g/mol. The highest BCUT2D eigenvalue weighted by Gasteiger charge is 2.21. The third kappa shape index (κ3) is 4.85. The quantitative estimate of drug-likeness (QED) is 0.791. The van der Waals surface area contributed by atoms with Gasteiger partial charge < -0.3 is 15.2 Å². The van der Waals surface area contributed by atoms with Crippen LogP contribution in [-0.2, 0) is 16.1 Å². The van der Waals surface area contributed by atoms with Crippen LogP contribution < -0.4 is 5.32 Å². The molecule has 0 spiro atoms. The first kappa shape index (κ1) is 16.5. The van der Waals surface area contributed by atoms with Crippen molar-refractivity contribution in [1.29, 1.82) is 0 Å². The van der Waals surface area contributed by atoms with Gasteiger partial charge in [-0.25, -0.2) is 4.79 Å². The summed E-state index contributed by atoms with van der Waals surface area (Å²) in [6, 6.07) is 8.63. The molecule has 0 aliphatic heterocycles. The van der Waals surface area contributed by atoms with Crippen LogP contribution in [0.3, 0.4) is 0 Å². The molecule has 2 rings (SSSR count). The Kier molecular flexibility index (Phi) is 5.97. The average Bonchev–Trinajstić information content (AvgIpc) is 2.91. The summed E-state index contributed by atoms with van der Waals surface area (Å²) in [6.45, 7) is 0.136. The van der Waals surface area contributed by atoms with Gasteiger partial charge in [0.05, 0.1) is 12.5 Å². The number of alkyl carbamates (subject to hydrolysis) is 1. The number of hydrogen-bond donors (Lipinski definition) is 2. The summed E-state index contributed by atoms with van der Waals surface area (Å²) in [5.41, 5.74) is 1.59. The Hall–Kier alpha value is -1.86. The fraction of sp³-hybridized carbons (Fsp3) is 0.200. The molecule has 1 unspecified atom stereocenters. The Balaban J connectivity index is 1.96. The van der Waals surface area contributed by atoms with Crippen LogP contribution in [0.4, 0.5) is 4.79 Å². The molecule has 2 N–H and O–H groups in total. The summed E-state index contributed by atoms with van der Waals surface area (Å²) in [4.78, 5) is 22.8. The van der Waals surface area contributed by atoms with Gasteiger partial charge in [-0.05, 0) is 32.4 Å². The maximum atomic E-state index is 11.9. The Bertz CT molecular complexity index is 644. The second-order valence-corrected chi connectivity index (χ2v) is 6.13. The number of carbonyl (C=O) groups excluding carboxylic acids is 1. The van der Waals surface area contributed by atoms with Crippen molar-refractivity contribution in [3.63, 3.8) is 0 Å². The number of aliphatic carboxylic acids is 1.